The lowest BCUT2D eigenvalue weighted by Gasteiger charge is -2.36. The molecule has 9 nitrogen and oxygen atoms in total. The van der Waals surface area contributed by atoms with Crippen molar-refractivity contribution in [2.24, 2.45) is 0 Å². The zero-order valence-electron chi connectivity index (χ0n) is 22.7. The molecule has 3 N–H and O–H groups in total. The molecule has 0 bridgehead atoms. The molecule has 2 aromatic rings. The molecule has 1 saturated heterocycles. The molecule has 0 radical (unpaired) electrons. The number of hydrogen-bond donors (Lipinski definition) is 3. The van der Waals surface area contributed by atoms with Crippen LogP contribution in [-0.4, -0.2) is 77.8 Å². The smallest absolute Gasteiger partial charge is 0.245 e. The van der Waals surface area contributed by atoms with Gasteiger partial charge in [0, 0.05) is 52.1 Å². The Balaban J connectivity index is 1.53. The third-order valence-corrected chi connectivity index (χ3v) is 7.62. The molecular weight excluding hydrogens is 514 g/mol. The van der Waals surface area contributed by atoms with Crippen molar-refractivity contribution in [2.75, 3.05) is 32.4 Å². The van der Waals surface area contributed by atoms with Gasteiger partial charge in [-0.1, -0.05) is 61.5 Å². The van der Waals surface area contributed by atoms with Gasteiger partial charge in [-0.15, -0.1) is 11.8 Å². The van der Waals surface area contributed by atoms with Gasteiger partial charge in [-0.2, -0.15) is 0 Å². The molecule has 2 aromatic carbocycles. The van der Waals surface area contributed by atoms with E-state index >= 15 is 0 Å². The van der Waals surface area contributed by atoms with E-state index in [1.807, 2.05) is 53.6 Å². The van der Waals surface area contributed by atoms with Gasteiger partial charge in [-0.05, 0) is 22.9 Å². The fraction of sp³-hybridized carbons (Fsp3) is 0.448. The summed E-state index contributed by atoms with van der Waals surface area (Å²) in [7, 11) is 0. The molecule has 0 saturated carbocycles. The number of thioether (sulfide) groups is 1. The Hall–Kier alpha value is -3.37. The molecule has 0 spiro atoms. The number of amides is 4. The van der Waals surface area contributed by atoms with E-state index in [0.29, 0.717) is 38.9 Å². The largest absolute Gasteiger partial charge is 0.352 e. The van der Waals surface area contributed by atoms with Gasteiger partial charge in [0.15, 0.2) is 0 Å². The van der Waals surface area contributed by atoms with E-state index in [1.165, 1.54) is 17.3 Å². The van der Waals surface area contributed by atoms with Crippen LogP contribution in [0.4, 0.5) is 0 Å². The van der Waals surface area contributed by atoms with Gasteiger partial charge in [0.2, 0.25) is 24.1 Å². The van der Waals surface area contributed by atoms with Crippen molar-refractivity contribution >= 4 is 35.9 Å². The Labute approximate surface area is 235 Å². The highest BCUT2D eigenvalue weighted by atomic mass is 32.2. The van der Waals surface area contributed by atoms with Crippen LogP contribution in [0, 0.1) is 0 Å². The van der Waals surface area contributed by atoms with Crippen molar-refractivity contribution in [1.82, 2.24) is 25.8 Å². The summed E-state index contributed by atoms with van der Waals surface area (Å²) in [6.45, 7) is 5.84. The second kappa shape index (κ2) is 15.9. The number of nitrogens with one attached hydrogen (secondary N) is 3. The van der Waals surface area contributed by atoms with E-state index in [4.69, 9.17) is 0 Å². The number of piperazine rings is 1. The Kier molecular flexibility index (Phi) is 12.3. The summed E-state index contributed by atoms with van der Waals surface area (Å²) >= 11 is 1.40. The van der Waals surface area contributed by atoms with Crippen LogP contribution < -0.4 is 16.0 Å². The van der Waals surface area contributed by atoms with E-state index < -0.39 is 6.04 Å². The van der Waals surface area contributed by atoms with Crippen molar-refractivity contribution in [1.29, 1.82) is 0 Å². The Bertz CT molecular complexity index is 1070. The third-order valence-electron chi connectivity index (χ3n) is 6.75. The first-order chi connectivity index (χ1) is 18.9. The fourth-order valence-electron chi connectivity index (χ4n) is 4.44. The molecule has 39 heavy (non-hydrogen) atoms. The Morgan fingerprint density at radius 1 is 0.923 bits per heavy atom. The Morgan fingerprint density at radius 2 is 1.59 bits per heavy atom. The van der Waals surface area contributed by atoms with E-state index in [1.54, 1.807) is 6.92 Å². The normalized spacial score (nSPS) is 15.2. The number of benzene rings is 2. The minimum Gasteiger partial charge on any atom is -0.352 e. The highest BCUT2D eigenvalue weighted by Gasteiger charge is 2.28. The summed E-state index contributed by atoms with van der Waals surface area (Å²) in [6, 6.07) is 17.4. The number of rotatable bonds is 14. The molecule has 1 aliphatic rings. The maximum absolute atomic E-state index is 13.4. The van der Waals surface area contributed by atoms with Crippen LogP contribution in [0.5, 0.6) is 0 Å². The zero-order valence-corrected chi connectivity index (χ0v) is 23.5. The quantitative estimate of drug-likeness (QED) is 0.244. The van der Waals surface area contributed by atoms with Crippen molar-refractivity contribution in [2.45, 2.75) is 50.7 Å². The van der Waals surface area contributed by atoms with E-state index in [9.17, 15) is 19.2 Å². The molecule has 2 atom stereocenters. The monoisotopic (exact) mass is 553 g/mol. The summed E-state index contributed by atoms with van der Waals surface area (Å²) < 4.78 is 0. The van der Waals surface area contributed by atoms with Crippen LogP contribution in [0.2, 0.25) is 0 Å². The van der Waals surface area contributed by atoms with Crippen molar-refractivity contribution in [3.8, 4) is 0 Å². The standard InChI is InChI=1S/C29H39N5O4S/c1-3-26(36)32-25(29(38)34-15-13-33(14-16-34)20-24-7-5-4-6-8-24)17-22-9-11-23(12-10-22)19-30-27(37)18-28(39-2)31-21-35/h4-12,21,25,28H,3,13-20H2,1-2H3,(H,30,37)(H,31,35)(H,32,36). The van der Waals surface area contributed by atoms with Crippen LogP contribution in [0.1, 0.15) is 36.5 Å². The second-order valence-electron chi connectivity index (χ2n) is 9.57. The van der Waals surface area contributed by atoms with Crippen LogP contribution in [0.15, 0.2) is 54.6 Å². The molecule has 1 heterocycles. The Morgan fingerprint density at radius 3 is 2.21 bits per heavy atom. The maximum Gasteiger partial charge on any atom is 0.245 e. The average Bonchev–Trinajstić information content (AvgIpc) is 2.96. The van der Waals surface area contributed by atoms with Gasteiger partial charge in [0.25, 0.3) is 0 Å². The fourth-order valence-corrected chi connectivity index (χ4v) is 4.95. The van der Waals surface area contributed by atoms with Crippen molar-refractivity contribution in [3.63, 3.8) is 0 Å². The molecule has 10 heteroatoms. The first-order valence-electron chi connectivity index (χ1n) is 13.3. The summed E-state index contributed by atoms with van der Waals surface area (Å²) in [6.07, 6.45) is 3.33. The first kappa shape index (κ1) is 30.2. The van der Waals surface area contributed by atoms with E-state index in [0.717, 1.165) is 30.8 Å². The van der Waals surface area contributed by atoms with Crippen molar-refractivity contribution < 1.29 is 19.2 Å². The van der Waals surface area contributed by atoms with Gasteiger partial charge in [0.05, 0.1) is 11.8 Å². The SMILES string of the molecule is CCC(=O)NC(Cc1ccc(CNC(=O)CC(NC=O)SC)cc1)C(=O)N1CCN(Cc2ccccc2)CC1. The molecule has 1 aliphatic heterocycles. The first-order valence-corrected chi connectivity index (χ1v) is 14.6. The molecular formula is C29H39N5O4S. The zero-order chi connectivity index (χ0) is 28.0. The summed E-state index contributed by atoms with van der Waals surface area (Å²) in [5.74, 6) is -0.354. The highest BCUT2D eigenvalue weighted by Crippen LogP contribution is 2.13. The van der Waals surface area contributed by atoms with Gasteiger partial charge >= 0.3 is 0 Å². The molecule has 0 aromatic heterocycles. The average molecular weight is 554 g/mol. The van der Waals surface area contributed by atoms with E-state index in [2.05, 4.69) is 33.0 Å². The van der Waals surface area contributed by atoms with Gasteiger partial charge < -0.3 is 20.9 Å². The number of carbonyl (C=O) groups excluding carboxylic acids is 4. The minimum absolute atomic E-state index is 0.0558. The molecule has 3 rings (SSSR count). The van der Waals surface area contributed by atoms with Gasteiger partial charge in [-0.3, -0.25) is 24.1 Å². The lowest BCUT2D eigenvalue weighted by atomic mass is 10.0. The van der Waals surface area contributed by atoms with Crippen LogP contribution in [-0.2, 0) is 38.7 Å². The second-order valence-corrected chi connectivity index (χ2v) is 10.6. The summed E-state index contributed by atoms with van der Waals surface area (Å²) in [5, 5.41) is 8.13. The molecule has 2 unspecified atom stereocenters. The summed E-state index contributed by atoms with van der Waals surface area (Å²) in [5.41, 5.74) is 3.11. The maximum atomic E-state index is 13.4. The summed E-state index contributed by atoms with van der Waals surface area (Å²) in [4.78, 5) is 52.7. The lowest BCUT2D eigenvalue weighted by Crippen LogP contribution is -2.55. The van der Waals surface area contributed by atoms with Crippen LogP contribution >= 0.6 is 11.8 Å². The predicted molar refractivity (Wildman–Crippen MR) is 154 cm³/mol. The number of nitrogens with zero attached hydrogens (tertiary/aromatic N) is 2. The van der Waals surface area contributed by atoms with E-state index in [-0.39, 0.29) is 29.5 Å². The van der Waals surface area contributed by atoms with Crippen LogP contribution in [0.3, 0.4) is 0 Å². The highest BCUT2D eigenvalue weighted by molar-refractivity contribution is 7.99. The molecule has 4 amide bonds. The van der Waals surface area contributed by atoms with Gasteiger partial charge in [-0.25, -0.2) is 0 Å². The topological polar surface area (TPSA) is 111 Å². The van der Waals surface area contributed by atoms with Crippen molar-refractivity contribution in [3.05, 3.63) is 71.3 Å². The third kappa shape index (κ3) is 10.0. The molecule has 210 valence electrons. The number of hydrogen-bond acceptors (Lipinski definition) is 6. The lowest BCUT2D eigenvalue weighted by molar-refractivity contribution is -0.138. The number of carbonyl (C=O) groups is 4. The van der Waals surface area contributed by atoms with Crippen LogP contribution in [0.25, 0.3) is 0 Å². The minimum atomic E-state index is -0.627. The molecule has 1 fully saturated rings. The van der Waals surface area contributed by atoms with Gasteiger partial charge in [0.1, 0.15) is 6.04 Å². The predicted octanol–water partition coefficient (Wildman–Crippen LogP) is 1.91. The molecule has 0 aliphatic carbocycles.